The molecule has 0 atom stereocenters. The molecule has 0 fully saturated rings. The molecule has 5 nitrogen and oxygen atoms in total. The molecular formula is C16H23BClO5. The van der Waals surface area contributed by atoms with Gasteiger partial charge in [-0.1, -0.05) is 11.6 Å². The average Bonchev–Trinajstić information content (AvgIpc) is 2.43. The zero-order valence-corrected chi connectivity index (χ0v) is 15.2. The maximum absolute atomic E-state index is 11.9. The van der Waals surface area contributed by atoms with Crippen LogP contribution in [0.15, 0.2) is 12.1 Å². The summed E-state index contributed by atoms with van der Waals surface area (Å²) < 4.78 is 15.9. The lowest BCUT2D eigenvalue weighted by Gasteiger charge is -2.37. The van der Waals surface area contributed by atoms with Crippen LogP contribution in [-0.2, 0) is 9.39 Å². The Bertz CT molecular complexity index is 566. The van der Waals surface area contributed by atoms with E-state index in [1.54, 1.807) is 46.8 Å². The average molecular weight is 342 g/mol. The van der Waals surface area contributed by atoms with Crippen LogP contribution >= 0.6 is 11.6 Å². The summed E-state index contributed by atoms with van der Waals surface area (Å²) in [7, 11) is 2.92. The number of ether oxygens (including phenoxy) is 2. The lowest BCUT2D eigenvalue weighted by atomic mass is 9.82. The monoisotopic (exact) mass is 341 g/mol. The van der Waals surface area contributed by atoms with E-state index >= 15 is 0 Å². The van der Waals surface area contributed by atoms with E-state index < -0.39 is 17.2 Å². The molecule has 1 aromatic rings. The van der Waals surface area contributed by atoms with Crippen molar-refractivity contribution in [3.8, 4) is 5.75 Å². The van der Waals surface area contributed by atoms with Crippen LogP contribution in [0.1, 0.15) is 45.0 Å². The van der Waals surface area contributed by atoms with Crippen LogP contribution in [0.4, 0.5) is 0 Å². The van der Waals surface area contributed by atoms with Gasteiger partial charge in [0.15, 0.2) is 0 Å². The Morgan fingerprint density at radius 2 is 1.91 bits per heavy atom. The van der Waals surface area contributed by atoms with Crippen LogP contribution in [0.25, 0.3) is 0 Å². The number of carbonyl (C=O) groups is 1. The SMILES string of the molecule is CCOC(=O)c1c(Cl)cc([B]OC(C)(C)C(C)(C)O)cc1OC. The molecule has 0 aliphatic rings. The fraction of sp³-hybridized carbons (Fsp3) is 0.562. The molecule has 1 aromatic carbocycles. The van der Waals surface area contributed by atoms with Crippen molar-refractivity contribution in [3.63, 3.8) is 0 Å². The molecule has 0 spiro atoms. The molecule has 0 bridgehead atoms. The first-order valence-electron chi connectivity index (χ1n) is 7.31. The molecule has 127 valence electrons. The zero-order chi connectivity index (χ0) is 17.8. The second kappa shape index (κ2) is 7.56. The van der Waals surface area contributed by atoms with Gasteiger partial charge in [-0.3, -0.25) is 0 Å². The fourth-order valence-electron chi connectivity index (χ4n) is 1.59. The number of benzene rings is 1. The Kier molecular flexibility index (Phi) is 6.51. The summed E-state index contributed by atoms with van der Waals surface area (Å²) >= 11 is 6.18. The predicted octanol–water partition coefficient (Wildman–Crippen LogP) is 2.34. The number of carbonyl (C=O) groups excluding carboxylic acids is 1. The van der Waals surface area contributed by atoms with Gasteiger partial charge in [-0.15, -0.1) is 0 Å². The highest BCUT2D eigenvalue weighted by atomic mass is 35.5. The van der Waals surface area contributed by atoms with Gasteiger partial charge in [-0.05, 0) is 52.2 Å². The highest BCUT2D eigenvalue weighted by molar-refractivity contribution is 6.48. The third-order valence-corrected chi connectivity index (χ3v) is 4.04. The van der Waals surface area contributed by atoms with Gasteiger partial charge in [0.25, 0.3) is 0 Å². The van der Waals surface area contributed by atoms with Gasteiger partial charge in [0.1, 0.15) is 11.3 Å². The van der Waals surface area contributed by atoms with Crippen molar-refractivity contribution in [2.75, 3.05) is 13.7 Å². The Hall–Kier alpha value is -1.24. The van der Waals surface area contributed by atoms with Gasteiger partial charge in [-0.2, -0.15) is 0 Å². The van der Waals surface area contributed by atoms with Gasteiger partial charge in [-0.25, -0.2) is 4.79 Å². The number of hydrogen-bond donors (Lipinski definition) is 1. The largest absolute Gasteiger partial charge is 0.496 e. The summed E-state index contributed by atoms with van der Waals surface area (Å²) in [5.74, 6) is -0.245. The van der Waals surface area contributed by atoms with Gasteiger partial charge in [0.05, 0.1) is 29.9 Å². The number of rotatable bonds is 7. The summed E-state index contributed by atoms with van der Waals surface area (Å²) in [6.07, 6.45) is 0. The molecule has 0 aliphatic carbocycles. The topological polar surface area (TPSA) is 65.0 Å². The molecule has 0 heterocycles. The second-order valence-electron chi connectivity index (χ2n) is 6.11. The van der Waals surface area contributed by atoms with Gasteiger partial charge in [0.2, 0.25) is 0 Å². The highest BCUT2D eigenvalue weighted by Crippen LogP contribution is 2.27. The van der Waals surface area contributed by atoms with Crippen molar-refractivity contribution < 1.29 is 24.0 Å². The number of aliphatic hydroxyl groups is 1. The number of hydrogen-bond acceptors (Lipinski definition) is 5. The molecule has 1 radical (unpaired) electrons. The lowest BCUT2D eigenvalue weighted by molar-refractivity contribution is -0.0893. The van der Waals surface area contributed by atoms with E-state index in [2.05, 4.69) is 0 Å². The molecule has 0 aromatic heterocycles. The van der Waals surface area contributed by atoms with Crippen LogP contribution in [0, 0.1) is 0 Å². The maximum atomic E-state index is 11.9. The first-order valence-corrected chi connectivity index (χ1v) is 7.69. The number of esters is 1. The van der Waals surface area contributed by atoms with Gasteiger partial charge < -0.3 is 19.2 Å². The third-order valence-electron chi connectivity index (χ3n) is 3.74. The van der Waals surface area contributed by atoms with Crippen molar-refractivity contribution in [3.05, 3.63) is 22.7 Å². The minimum Gasteiger partial charge on any atom is -0.496 e. The first kappa shape index (κ1) is 19.8. The van der Waals surface area contributed by atoms with Crippen LogP contribution in [0.2, 0.25) is 5.02 Å². The highest BCUT2D eigenvalue weighted by Gasteiger charge is 2.35. The smallest absolute Gasteiger partial charge is 0.343 e. The third kappa shape index (κ3) is 4.87. The predicted molar refractivity (Wildman–Crippen MR) is 90.8 cm³/mol. The Morgan fingerprint density at radius 3 is 2.39 bits per heavy atom. The van der Waals surface area contributed by atoms with E-state index in [-0.39, 0.29) is 17.2 Å². The zero-order valence-electron chi connectivity index (χ0n) is 14.4. The van der Waals surface area contributed by atoms with Crippen LogP contribution in [0.5, 0.6) is 5.75 Å². The van der Waals surface area contributed by atoms with E-state index in [0.29, 0.717) is 11.2 Å². The van der Waals surface area contributed by atoms with E-state index in [9.17, 15) is 9.90 Å². The quantitative estimate of drug-likeness (QED) is 0.609. The van der Waals surface area contributed by atoms with Gasteiger partial charge in [0, 0.05) is 0 Å². The second-order valence-corrected chi connectivity index (χ2v) is 6.51. The normalized spacial score (nSPS) is 12.0. The van der Waals surface area contributed by atoms with Crippen molar-refractivity contribution in [2.24, 2.45) is 0 Å². The summed E-state index contributed by atoms with van der Waals surface area (Å²) in [6, 6.07) is 3.20. The summed E-state index contributed by atoms with van der Waals surface area (Å²) in [6.45, 7) is 8.84. The molecule has 1 rings (SSSR count). The van der Waals surface area contributed by atoms with E-state index in [1.807, 2.05) is 0 Å². The van der Waals surface area contributed by atoms with Crippen molar-refractivity contribution in [1.29, 1.82) is 0 Å². The summed E-state index contributed by atoms with van der Waals surface area (Å²) in [5, 5.41) is 10.3. The molecule has 0 saturated carbocycles. The molecular weight excluding hydrogens is 318 g/mol. The molecule has 1 N–H and O–H groups in total. The minimum absolute atomic E-state index is 0.176. The minimum atomic E-state index is -1.04. The van der Waals surface area contributed by atoms with E-state index in [1.165, 1.54) is 14.6 Å². The molecule has 7 heteroatoms. The van der Waals surface area contributed by atoms with E-state index in [4.69, 9.17) is 25.7 Å². The molecule has 23 heavy (non-hydrogen) atoms. The molecule has 0 unspecified atom stereocenters. The summed E-state index contributed by atoms with van der Waals surface area (Å²) in [5.41, 5.74) is -1.07. The molecule has 0 aliphatic heterocycles. The number of halogens is 1. The van der Waals surface area contributed by atoms with Gasteiger partial charge >= 0.3 is 13.5 Å². The maximum Gasteiger partial charge on any atom is 0.343 e. The fourth-order valence-corrected chi connectivity index (χ4v) is 1.89. The molecule has 0 saturated heterocycles. The van der Waals surface area contributed by atoms with Crippen molar-refractivity contribution >= 4 is 30.5 Å². The Balaban J connectivity index is 3.04. The Morgan fingerprint density at radius 1 is 1.30 bits per heavy atom. The van der Waals surface area contributed by atoms with E-state index in [0.717, 1.165) is 0 Å². The Labute approximate surface area is 143 Å². The van der Waals surface area contributed by atoms with Crippen LogP contribution in [0.3, 0.4) is 0 Å². The summed E-state index contributed by atoms with van der Waals surface area (Å²) in [4.78, 5) is 11.9. The standard InChI is InChI=1S/C16H23BClO5/c1-7-22-14(19)13-11(18)8-10(9-12(13)21-6)17-23-16(4,5)15(2,3)20/h8-9,20H,7H2,1-6H3. The van der Waals surface area contributed by atoms with Crippen LogP contribution < -0.4 is 10.2 Å². The number of methoxy groups -OCH3 is 1. The van der Waals surface area contributed by atoms with Crippen LogP contribution in [-0.4, -0.2) is 43.5 Å². The lowest BCUT2D eigenvalue weighted by Crippen LogP contribution is -2.49. The van der Waals surface area contributed by atoms with Crippen molar-refractivity contribution in [2.45, 2.75) is 45.8 Å². The molecule has 0 amide bonds. The first-order chi connectivity index (χ1) is 10.5. The van der Waals surface area contributed by atoms with Crippen molar-refractivity contribution in [1.82, 2.24) is 0 Å².